The number of hydrogen-bond acceptors (Lipinski definition) is 6. The van der Waals surface area contributed by atoms with Crippen LogP contribution in [0.3, 0.4) is 0 Å². The minimum Gasteiger partial charge on any atom is -0.484 e. The molecule has 1 heterocycles. The van der Waals surface area contributed by atoms with E-state index in [1.165, 1.54) is 16.6 Å². The van der Waals surface area contributed by atoms with E-state index in [0.29, 0.717) is 27.9 Å². The quantitative estimate of drug-likeness (QED) is 0.322. The first-order valence-corrected chi connectivity index (χ1v) is 14.1. The van der Waals surface area contributed by atoms with Crippen molar-refractivity contribution in [3.63, 3.8) is 0 Å². The zero-order chi connectivity index (χ0) is 26.4. The fraction of sp³-hybridized carbons (Fsp3) is 0.345. The normalized spacial score (nSPS) is 14.8. The Bertz CT molecular complexity index is 1310. The average molecular weight is 534 g/mol. The van der Waals surface area contributed by atoms with Gasteiger partial charge in [0.25, 0.3) is 5.91 Å². The number of thiophene rings is 1. The molecular weight excluding hydrogens is 502 g/mol. The van der Waals surface area contributed by atoms with Crippen LogP contribution in [0.25, 0.3) is 0 Å². The van der Waals surface area contributed by atoms with Crippen molar-refractivity contribution >= 4 is 45.6 Å². The number of anilines is 2. The molecule has 2 amide bonds. The molecule has 1 aromatic heterocycles. The van der Waals surface area contributed by atoms with E-state index < -0.39 is 0 Å². The van der Waals surface area contributed by atoms with Crippen LogP contribution in [0.4, 0.5) is 10.7 Å². The van der Waals surface area contributed by atoms with Crippen molar-refractivity contribution < 1.29 is 14.3 Å². The Balaban J connectivity index is 1.31. The molecule has 4 rings (SSSR count). The summed E-state index contributed by atoms with van der Waals surface area (Å²) in [6.07, 6.45) is 2.91. The van der Waals surface area contributed by atoms with Crippen LogP contribution in [-0.4, -0.2) is 24.2 Å². The number of para-hydroxylation sites is 1. The summed E-state index contributed by atoms with van der Waals surface area (Å²) in [6, 6.07) is 18.8. The number of rotatable bonds is 8. The van der Waals surface area contributed by atoms with Gasteiger partial charge in [0.1, 0.15) is 16.8 Å². The predicted octanol–water partition coefficient (Wildman–Crippen LogP) is 6.52. The van der Waals surface area contributed by atoms with Crippen LogP contribution in [0.5, 0.6) is 5.75 Å². The highest BCUT2D eigenvalue weighted by atomic mass is 32.2. The summed E-state index contributed by atoms with van der Waals surface area (Å²) in [7, 11) is 0. The van der Waals surface area contributed by atoms with Gasteiger partial charge in [0.05, 0.1) is 11.3 Å². The number of hydrogen-bond donors (Lipinski definition) is 2. The highest BCUT2D eigenvalue weighted by Gasteiger charge is 2.32. The molecule has 6 nitrogen and oxygen atoms in total. The molecule has 0 fully saturated rings. The lowest BCUT2D eigenvalue weighted by molar-refractivity contribution is -0.118. The molecule has 1 aliphatic rings. The largest absolute Gasteiger partial charge is 0.484 e. The molecule has 192 valence electrons. The summed E-state index contributed by atoms with van der Waals surface area (Å²) in [5.74, 6) is 0.989. The number of thioether (sulfide) groups is 1. The first-order chi connectivity index (χ1) is 17.7. The first-order valence-electron chi connectivity index (χ1n) is 12.3. The van der Waals surface area contributed by atoms with Gasteiger partial charge in [-0.2, -0.15) is 5.26 Å². The fourth-order valence-electron chi connectivity index (χ4n) is 4.37. The highest BCUT2D eigenvalue weighted by Crippen LogP contribution is 2.44. The van der Waals surface area contributed by atoms with Crippen LogP contribution in [0, 0.1) is 22.7 Å². The Morgan fingerprint density at radius 2 is 1.89 bits per heavy atom. The van der Waals surface area contributed by atoms with Crippen molar-refractivity contribution in [2.75, 3.05) is 23.0 Å². The van der Waals surface area contributed by atoms with Crippen LogP contribution in [0.1, 0.15) is 43.2 Å². The average Bonchev–Trinajstić information content (AvgIpc) is 3.22. The topological polar surface area (TPSA) is 91.2 Å². The number of fused-ring (bicyclic) bond motifs is 1. The van der Waals surface area contributed by atoms with Gasteiger partial charge in [-0.15, -0.1) is 23.1 Å². The van der Waals surface area contributed by atoms with E-state index in [1.54, 1.807) is 29.5 Å². The minimum absolute atomic E-state index is 0.0910. The number of nitrogens with zero attached hydrogens (tertiary/aromatic N) is 1. The third kappa shape index (κ3) is 7.15. The molecule has 0 spiro atoms. The molecule has 2 N–H and O–H groups in total. The predicted molar refractivity (Wildman–Crippen MR) is 150 cm³/mol. The summed E-state index contributed by atoms with van der Waals surface area (Å²) < 4.78 is 5.49. The molecule has 0 bridgehead atoms. The maximum absolute atomic E-state index is 12.8. The zero-order valence-electron chi connectivity index (χ0n) is 21.3. The van der Waals surface area contributed by atoms with Gasteiger partial charge >= 0.3 is 0 Å². The third-order valence-electron chi connectivity index (χ3n) is 6.46. The van der Waals surface area contributed by atoms with E-state index in [2.05, 4.69) is 37.5 Å². The van der Waals surface area contributed by atoms with Gasteiger partial charge in [-0.25, -0.2) is 0 Å². The van der Waals surface area contributed by atoms with Crippen LogP contribution in [-0.2, 0) is 22.4 Å². The number of ether oxygens (including phenoxy) is 1. The van der Waals surface area contributed by atoms with Crippen molar-refractivity contribution in [1.82, 2.24) is 0 Å². The van der Waals surface area contributed by atoms with Gasteiger partial charge in [0, 0.05) is 15.5 Å². The van der Waals surface area contributed by atoms with Crippen LogP contribution in [0.2, 0.25) is 0 Å². The van der Waals surface area contributed by atoms with E-state index in [9.17, 15) is 14.9 Å². The molecule has 1 unspecified atom stereocenters. The molecular formula is C29H31N3O3S2. The van der Waals surface area contributed by atoms with Crippen molar-refractivity contribution in [1.29, 1.82) is 5.26 Å². The second-order valence-corrected chi connectivity index (χ2v) is 12.3. The number of nitrogens with one attached hydrogen (secondary N) is 2. The Morgan fingerprint density at radius 1 is 1.11 bits per heavy atom. The molecule has 3 aromatic rings. The Kier molecular flexibility index (Phi) is 8.57. The second-order valence-electron chi connectivity index (χ2n) is 10.1. The van der Waals surface area contributed by atoms with Crippen LogP contribution < -0.4 is 15.4 Å². The van der Waals surface area contributed by atoms with E-state index >= 15 is 0 Å². The fourth-order valence-corrected chi connectivity index (χ4v) is 6.42. The van der Waals surface area contributed by atoms with Crippen LogP contribution >= 0.6 is 23.1 Å². The van der Waals surface area contributed by atoms with Gasteiger partial charge in [-0.05, 0) is 66.5 Å². The summed E-state index contributed by atoms with van der Waals surface area (Å²) in [6.45, 7) is 6.70. The second kappa shape index (κ2) is 11.8. The molecule has 1 atom stereocenters. The molecule has 0 aliphatic heterocycles. The summed E-state index contributed by atoms with van der Waals surface area (Å²) >= 11 is 2.92. The van der Waals surface area contributed by atoms with Gasteiger partial charge in [-0.3, -0.25) is 9.59 Å². The Hall–Kier alpha value is -3.28. The maximum atomic E-state index is 12.8. The molecule has 0 saturated heterocycles. The number of carbonyl (C=O) groups is 2. The van der Waals surface area contributed by atoms with Crippen molar-refractivity contribution in [3.05, 3.63) is 70.6 Å². The molecule has 8 heteroatoms. The van der Waals surface area contributed by atoms with Gasteiger partial charge in [0.2, 0.25) is 5.91 Å². The molecule has 37 heavy (non-hydrogen) atoms. The van der Waals surface area contributed by atoms with E-state index in [1.807, 2.05) is 36.4 Å². The van der Waals surface area contributed by atoms with Crippen LogP contribution in [0.15, 0.2) is 59.5 Å². The zero-order valence-corrected chi connectivity index (χ0v) is 22.9. The van der Waals surface area contributed by atoms with E-state index in [4.69, 9.17) is 4.74 Å². The third-order valence-corrected chi connectivity index (χ3v) is 8.62. The van der Waals surface area contributed by atoms with E-state index in [0.717, 1.165) is 29.7 Å². The molecule has 1 aliphatic carbocycles. The maximum Gasteiger partial charge on any atom is 0.262 e. The lowest BCUT2D eigenvalue weighted by Crippen LogP contribution is -2.26. The number of nitriles is 1. The van der Waals surface area contributed by atoms with Crippen molar-refractivity contribution in [2.45, 2.75) is 44.9 Å². The number of benzene rings is 2. The summed E-state index contributed by atoms with van der Waals surface area (Å²) in [5, 5.41) is 16.2. The Labute approximate surface area is 226 Å². The van der Waals surface area contributed by atoms with Gasteiger partial charge < -0.3 is 15.4 Å². The molecule has 0 radical (unpaired) electrons. The highest BCUT2D eigenvalue weighted by molar-refractivity contribution is 8.00. The molecule has 2 aromatic carbocycles. The van der Waals surface area contributed by atoms with Gasteiger partial charge in [0.15, 0.2) is 6.61 Å². The monoisotopic (exact) mass is 533 g/mol. The summed E-state index contributed by atoms with van der Waals surface area (Å²) in [5.41, 5.74) is 2.58. The first kappa shape index (κ1) is 26.8. The minimum atomic E-state index is -0.261. The van der Waals surface area contributed by atoms with Crippen molar-refractivity contribution in [3.8, 4) is 11.8 Å². The SMILES string of the molecule is CC(C)(C)C1CCc2c(sc(NC(=O)CSc3cccc(NC(=O)COc4ccccc4)c3)c2C#N)C1. The Morgan fingerprint density at radius 3 is 2.62 bits per heavy atom. The molecule has 0 saturated carbocycles. The van der Waals surface area contributed by atoms with Gasteiger partial charge in [-0.1, -0.05) is 45.0 Å². The smallest absolute Gasteiger partial charge is 0.262 e. The standard InChI is InChI=1S/C29H31N3O3S2/c1-29(2,3)19-12-13-23-24(16-30)28(37-25(23)14-19)32-27(34)18-36-22-11-7-8-20(15-22)31-26(33)17-35-21-9-5-4-6-10-21/h4-11,15,19H,12-14,17-18H2,1-3H3,(H,31,33)(H,32,34). The lowest BCUT2D eigenvalue weighted by atomic mass is 9.72. The lowest BCUT2D eigenvalue weighted by Gasteiger charge is -2.33. The summed E-state index contributed by atoms with van der Waals surface area (Å²) in [4.78, 5) is 27.1. The van der Waals surface area contributed by atoms with Crippen molar-refractivity contribution in [2.24, 2.45) is 11.3 Å². The number of amides is 2. The number of carbonyl (C=O) groups excluding carboxylic acids is 2. The van der Waals surface area contributed by atoms with E-state index in [-0.39, 0.29) is 29.6 Å².